The Balaban J connectivity index is 1.79. The van der Waals surface area contributed by atoms with Gasteiger partial charge in [-0.3, -0.25) is 14.0 Å². The van der Waals surface area contributed by atoms with Crippen molar-refractivity contribution in [2.24, 2.45) is 5.41 Å². The fraction of sp³-hybridized carbons (Fsp3) is 0.440. The summed E-state index contributed by atoms with van der Waals surface area (Å²) in [5.41, 5.74) is 0.0482. The molecule has 1 aromatic carbocycles. The number of nitrogens with one attached hydrogen (secondary N) is 1. The average Bonchev–Trinajstić information content (AvgIpc) is 3.14. The van der Waals surface area contributed by atoms with E-state index in [2.05, 4.69) is 31.4 Å². The maximum Gasteiger partial charge on any atom is 0.307 e. The van der Waals surface area contributed by atoms with Crippen molar-refractivity contribution in [3.05, 3.63) is 64.5 Å². The van der Waals surface area contributed by atoms with Gasteiger partial charge in [0.05, 0.1) is 25.0 Å². The fourth-order valence-electron chi connectivity index (χ4n) is 3.34. The SMILES string of the molecule is CC(C)(C)OC(=O)CC(C)(C)C(=O)N[C@H](COCc1ccccc1)c1nnc2ccc(Br)cn12. The second kappa shape index (κ2) is 10.7. The number of nitrogens with zero attached hydrogens (tertiary/aromatic N) is 3. The quantitative estimate of drug-likeness (QED) is 0.405. The van der Waals surface area contributed by atoms with E-state index in [1.807, 2.05) is 53.1 Å². The number of carbonyl (C=O) groups is 2. The average molecular weight is 531 g/mol. The predicted octanol–water partition coefficient (Wildman–Crippen LogP) is 4.62. The van der Waals surface area contributed by atoms with Crippen LogP contribution in [0.15, 0.2) is 53.1 Å². The zero-order valence-electron chi connectivity index (χ0n) is 20.2. The standard InChI is InChI=1S/C25H31BrN4O4/c1-24(2,3)34-21(31)13-25(4,5)23(32)27-19(16-33-15-17-9-7-6-8-10-17)22-29-28-20-12-11-18(26)14-30(20)22/h6-12,14,19H,13,15-16H2,1-5H3,(H,27,32)/t19-/m1/s1. The van der Waals surface area contributed by atoms with E-state index in [9.17, 15) is 9.59 Å². The minimum absolute atomic E-state index is 0.0557. The number of benzene rings is 1. The predicted molar refractivity (Wildman–Crippen MR) is 132 cm³/mol. The molecule has 0 saturated carbocycles. The van der Waals surface area contributed by atoms with Gasteiger partial charge >= 0.3 is 5.97 Å². The lowest BCUT2D eigenvalue weighted by molar-refractivity contribution is -0.159. The van der Waals surface area contributed by atoms with Gasteiger partial charge in [-0.1, -0.05) is 44.2 Å². The van der Waals surface area contributed by atoms with Crippen LogP contribution in [0.5, 0.6) is 0 Å². The van der Waals surface area contributed by atoms with Crippen LogP contribution in [-0.4, -0.2) is 38.7 Å². The van der Waals surface area contributed by atoms with Gasteiger partial charge in [-0.05, 0) is 54.4 Å². The smallest absolute Gasteiger partial charge is 0.307 e. The zero-order valence-corrected chi connectivity index (χ0v) is 21.8. The largest absolute Gasteiger partial charge is 0.460 e. The van der Waals surface area contributed by atoms with E-state index in [-0.39, 0.29) is 18.9 Å². The van der Waals surface area contributed by atoms with Crippen molar-refractivity contribution in [3.63, 3.8) is 0 Å². The number of rotatable bonds is 9. The van der Waals surface area contributed by atoms with Gasteiger partial charge < -0.3 is 14.8 Å². The lowest BCUT2D eigenvalue weighted by Crippen LogP contribution is -2.43. The zero-order chi connectivity index (χ0) is 24.9. The van der Waals surface area contributed by atoms with Crippen LogP contribution >= 0.6 is 15.9 Å². The summed E-state index contributed by atoms with van der Waals surface area (Å²) in [7, 11) is 0. The highest BCUT2D eigenvalue weighted by atomic mass is 79.9. The first kappa shape index (κ1) is 25.8. The van der Waals surface area contributed by atoms with E-state index in [0.717, 1.165) is 10.0 Å². The molecule has 182 valence electrons. The van der Waals surface area contributed by atoms with Crippen molar-refractivity contribution in [1.29, 1.82) is 0 Å². The Hall–Kier alpha value is -2.78. The molecule has 1 N–H and O–H groups in total. The van der Waals surface area contributed by atoms with Crippen LogP contribution in [0.4, 0.5) is 0 Å². The van der Waals surface area contributed by atoms with Crippen LogP contribution in [0.2, 0.25) is 0 Å². The van der Waals surface area contributed by atoms with Crippen molar-refractivity contribution in [2.45, 2.75) is 59.3 Å². The molecule has 2 aromatic heterocycles. The molecule has 8 nitrogen and oxygen atoms in total. The van der Waals surface area contributed by atoms with Crippen LogP contribution in [-0.2, 0) is 25.7 Å². The molecule has 3 rings (SSSR count). The van der Waals surface area contributed by atoms with Crippen molar-refractivity contribution < 1.29 is 19.1 Å². The molecule has 0 radical (unpaired) electrons. The minimum Gasteiger partial charge on any atom is -0.460 e. The minimum atomic E-state index is -0.999. The van der Waals surface area contributed by atoms with Crippen LogP contribution in [0.25, 0.3) is 5.65 Å². The number of pyridine rings is 1. The topological polar surface area (TPSA) is 94.8 Å². The van der Waals surface area contributed by atoms with Crippen LogP contribution in [0.3, 0.4) is 0 Å². The molecule has 2 heterocycles. The number of fused-ring (bicyclic) bond motifs is 1. The van der Waals surface area contributed by atoms with Gasteiger partial charge in [0.1, 0.15) is 11.6 Å². The molecule has 0 unspecified atom stereocenters. The highest BCUT2D eigenvalue weighted by molar-refractivity contribution is 9.10. The number of hydrogen-bond acceptors (Lipinski definition) is 6. The van der Waals surface area contributed by atoms with Gasteiger partial charge in [-0.15, -0.1) is 10.2 Å². The van der Waals surface area contributed by atoms with E-state index in [1.165, 1.54) is 0 Å². The van der Waals surface area contributed by atoms with Crippen molar-refractivity contribution >= 4 is 33.5 Å². The molecule has 3 aromatic rings. The Kier molecular flexibility index (Phi) is 8.09. The summed E-state index contributed by atoms with van der Waals surface area (Å²) in [6, 6.07) is 12.9. The summed E-state index contributed by atoms with van der Waals surface area (Å²) in [5.74, 6) is -0.203. The lowest BCUT2D eigenvalue weighted by Gasteiger charge is -2.28. The summed E-state index contributed by atoms with van der Waals surface area (Å²) < 4.78 is 14.0. The maximum atomic E-state index is 13.3. The Morgan fingerprint density at radius 1 is 1.06 bits per heavy atom. The second-order valence-electron chi connectivity index (χ2n) is 9.81. The highest BCUT2D eigenvalue weighted by Crippen LogP contribution is 2.25. The number of esters is 1. The van der Waals surface area contributed by atoms with E-state index < -0.39 is 23.0 Å². The Labute approximate surface area is 208 Å². The van der Waals surface area contributed by atoms with Crippen molar-refractivity contribution in [2.75, 3.05) is 6.61 Å². The van der Waals surface area contributed by atoms with E-state index >= 15 is 0 Å². The number of ether oxygens (including phenoxy) is 2. The summed E-state index contributed by atoms with van der Waals surface area (Å²) in [6.07, 6.45) is 1.78. The molecule has 9 heteroatoms. The molecular formula is C25H31BrN4O4. The third kappa shape index (κ3) is 7.11. The van der Waals surface area contributed by atoms with Gasteiger partial charge in [-0.25, -0.2) is 0 Å². The molecular weight excluding hydrogens is 500 g/mol. The third-order valence-corrected chi connectivity index (χ3v) is 5.50. The molecule has 0 aliphatic rings. The van der Waals surface area contributed by atoms with Gasteiger partial charge in [0.15, 0.2) is 11.5 Å². The van der Waals surface area contributed by atoms with E-state index in [1.54, 1.807) is 34.6 Å². The van der Waals surface area contributed by atoms with E-state index in [0.29, 0.717) is 18.1 Å². The molecule has 0 fully saturated rings. The summed E-state index contributed by atoms with van der Waals surface area (Å²) in [6.45, 7) is 9.39. The first-order valence-electron chi connectivity index (χ1n) is 11.1. The van der Waals surface area contributed by atoms with Crippen LogP contribution in [0.1, 0.15) is 58.5 Å². The van der Waals surface area contributed by atoms with Gasteiger partial charge in [0, 0.05) is 10.7 Å². The number of aromatic nitrogens is 3. The summed E-state index contributed by atoms with van der Waals surface area (Å²) in [5, 5.41) is 11.5. The normalized spacial score (nSPS) is 13.0. The summed E-state index contributed by atoms with van der Waals surface area (Å²) in [4.78, 5) is 25.6. The summed E-state index contributed by atoms with van der Waals surface area (Å²) >= 11 is 3.47. The first-order chi connectivity index (χ1) is 15.9. The number of carbonyl (C=O) groups excluding carboxylic acids is 2. The maximum absolute atomic E-state index is 13.3. The molecule has 0 bridgehead atoms. The molecule has 34 heavy (non-hydrogen) atoms. The fourth-order valence-corrected chi connectivity index (χ4v) is 3.68. The molecule has 1 amide bonds. The lowest BCUT2D eigenvalue weighted by atomic mass is 9.88. The molecule has 0 aliphatic heterocycles. The molecule has 0 saturated heterocycles. The third-order valence-electron chi connectivity index (χ3n) is 5.03. The van der Waals surface area contributed by atoms with Crippen LogP contribution in [0, 0.1) is 5.41 Å². The van der Waals surface area contributed by atoms with E-state index in [4.69, 9.17) is 9.47 Å². The Morgan fingerprint density at radius 2 is 1.76 bits per heavy atom. The van der Waals surface area contributed by atoms with Crippen molar-refractivity contribution in [1.82, 2.24) is 19.9 Å². The Morgan fingerprint density at radius 3 is 2.44 bits per heavy atom. The van der Waals surface area contributed by atoms with Gasteiger partial charge in [0.2, 0.25) is 5.91 Å². The molecule has 0 aliphatic carbocycles. The Bertz CT molecular complexity index is 1140. The monoisotopic (exact) mass is 530 g/mol. The number of hydrogen-bond donors (Lipinski definition) is 1. The van der Waals surface area contributed by atoms with Crippen molar-refractivity contribution in [3.8, 4) is 0 Å². The number of amides is 1. The highest BCUT2D eigenvalue weighted by Gasteiger charge is 2.35. The van der Waals surface area contributed by atoms with Gasteiger partial charge in [0.25, 0.3) is 0 Å². The second-order valence-corrected chi connectivity index (χ2v) is 10.7. The molecule has 0 spiro atoms. The van der Waals surface area contributed by atoms with Crippen LogP contribution < -0.4 is 5.32 Å². The molecule has 1 atom stereocenters. The number of halogens is 1. The first-order valence-corrected chi connectivity index (χ1v) is 11.9. The van der Waals surface area contributed by atoms with Gasteiger partial charge in [-0.2, -0.15) is 0 Å².